The van der Waals surface area contributed by atoms with Crippen LogP contribution in [-0.2, 0) is 4.74 Å². The predicted molar refractivity (Wildman–Crippen MR) is 82.0 cm³/mol. The van der Waals surface area contributed by atoms with E-state index in [0.717, 1.165) is 44.3 Å². The zero-order chi connectivity index (χ0) is 13.8. The number of morpholine rings is 1. The van der Waals surface area contributed by atoms with Gasteiger partial charge in [-0.15, -0.1) is 0 Å². The van der Waals surface area contributed by atoms with Gasteiger partial charge in [0.2, 0.25) is 0 Å². The highest BCUT2D eigenvalue weighted by Gasteiger charge is 2.34. The molecule has 20 heavy (non-hydrogen) atoms. The summed E-state index contributed by atoms with van der Waals surface area (Å²) in [6.07, 6.45) is 5.54. The van der Waals surface area contributed by atoms with Crippen molar-refractivity contribution < 1.29 is 4.74 Å². The van der Waals surface area contributed by atoms with E-state index in [1.165, 1.54) is 51.9 Å². The van der Waals surface area contributed by atoms with E-state index in [0.29, 0.717) is 0 Å². The Hall–Kier alpha value is -0.160. The van der Waals surface area contributed by atoms with Crippen LogP contribution >= 0.6 is 0 Å². The van der Waals surface area contributed by atoms with Crippen molar-refractivity contribution in [3.05, 3.63) is 0 Å². The molecule has 0 aromatic carbocycles. The largest absolute Gasteiger partial charge is 0.379 e. The van der Waals surface area contributed by atoms with Crippen LogP contribution in [-0.4, -0.2) is 74.4 Å². The van der Waals surface area contributed by atoms with Gasteiger partial charge in [0.25, 0.3) is 0 Å². The Morgan fingerprint density at radius 1 is 1.10 bits per heavy atom. The summed E-state index contributed by atoms with van der Waals surface area (Å²) < 4.78 is 5.48. The SMILES string of the molecule is CC1CCCCN1C1CNCCC1CN1CCOCC1. The lowest BCUT2D eigenvalue weighted by Gasteiger charge is -2.46. The molecule has 0 amide bonds. The van der Waals surface area contributed by atoms with E-state index in [2.05, 4.69) is 22.0 Å². The first kappa shape index (κ1) is 14.8. The standard InChI is InChI=1S/C16H31N3O/c1-14-4-2-3-7-19(14)16-12-17-6-5-15(16)13-18-8-10-20-11-9-18/h14-17H,2-13H2,1H3. The smallest absolute Gasteiger partial charge is 0.0594 e. The normalized spacial score (nSPS) is 38.0. The average Bonchev–Trinajstić information content (AvgIpc) is 2.50. The van der Waals surface area contributed by atoms with E-state index in [4.69, 9.17) is 4.74 Å². The molecule has 3 rings (SSSR count). The number of ether oxygens (including phenoxy) is 1. The van der Waals surface area contributed by atoms with E-state index in [-0.39, 0.29) is 0 Å². The van der Waals surface area contributed by atoms with E-state index in [1.54, 1.807) is 0 Å². The molecule has 4 heteroatoms. The minimum Gasteiger partial charge on any atom is -0.379 e. The monoisotopic (exact) mass is 281 g/mol. The van der Waals surface area contributed by atoms with E-state index >= 15 is 0 Å². The van der Waals surface area contributed by atoms with E-state index in [1.807, 2.05) is 0 Å². The van der Waals surface area contributed by atoms with Gasteiger partial charge in [0, 0.05) is 38.3 Å². The molecule has 3 fully saturated rings. The van der Waals surface area contributed by atoms with Crippen molar-refractivity contribution in [1.82, 2.24) is 15.1 Å². The maximum atomic E-state index is 5.48. The second kappa shape index (κ2) is 7.21. The minimum absolute atomic E-state index is 0.752. The molecule has 4 nitrogen and oxygen atoms in total. The van der Waals surface area contributed by atoms with Crippen LogP contribution in [0.5, 0.6) is 0 Å². The number of rotatable bonds is 3. The van der Waals surface area contributed by atoms with Gasteiger partial charge in [-0.2, -0.15) is 0 Å². The average molecular weight is 281 g/mol. The molecule has 116 valence electrons. The molecule has 0 aromatic rings. The van der Waals surface area contributed by atoms with Crippen LogP contribution in [0.4, 0.5) is 0 Å². The molecule has 0 radical (unpaired) electrons. The Kier molecular flexibility index (Phi) is 5.32. The van der Waals surface area contributed by atoms with Crippen molar-refractivity contribution in [2.45, 2.75) is 44.7 Å². The number of piperidine rings is 2. The lowest BCUT2D eigenvalue weighted by Crippen LogP contribution is -2.58. The fourth-order valence-corrected chi connectivity index (χ4v) is 4.23. The summed E-state index contributed by atoms with van der Waals surface area (Å²) in [4.78, 5) is 5.43. The Bertz CT molecular complexity index is 293. The highest BCUT2D eigenvalue weighted by Crippen LogP contribution is 2.26. The number of hydrogen-bond acceptors (Lipinski definition) is 4. The third-order valence-corrected chi connectivity index (χ3v) is 5.47. The first-order chi connectivity index (χ1) is 9.84. The lowest BCUT2D eigenvalue weighted by atomic mass is 9.88. The van der Waals surface area contributed by atoms with Crippen LogP contribution in [0, 0.1) is 5.92 Å². The molecule has 0 spiro atoms. The van der Waals surface area contributed by atoms with Gasteiger partial charge >= 0.3 is 0 Å². The van der Waals surface area contributed by atoms with Gasteiger partial charge in [0.1, 0.15) is 0 Å². The Morgan fingerprint density at radius 2 is 1.95 bits per heavy atom. The van der Waals surface area contributed by atoms with E-state index < -0.39 is 0 Å². The summed E-state index contributed by atoms with van der Waals surface area (Å²) in [6, 6.07) is 1.53. The zero-order valence-electron chi connectivity index (χ0n) is 13.0. The second-order valence-electron chi connectivity index (χ2n) is 6.82. The molecule has 0 aliphatic carbocycles. The molecule has 3 heterocycles. The quantitative estimate of drug-likeness (QED) is 0.840. The maximum absolute atomic E-state index is 5.48. The summed E-state index contributed by atoms with van der Waals surface area (Å²) in [5, 5.41) is 3.64. The summed E-state index contributed by atoms with van der Waals surface area (Å²) in [5.74, 6) is 0.842. The summed E-state index contributed by atoms with van der Waals surface area (Å²) in [5.41, 5.74) is 0. The fraction of sp³-hybridized carbons (Fsp3) is 1.00. The van der Waals surface area contributed by atoms with Crippen LogP contribution in [0.1, 0.15) is 32.6 Å². The predicted octanol–water partition coefficient (Wildman–Crippen LogP) is 1.17. The molecule has 3 unspecified atom stereocenters. The van der Waals surface area contributed by atoms with Crippen LogP contribution in [0.2, 0.25) is 0 Å². The minimum atomic E-state index is 0.752. The Morgan fingerprint density at radius 3 is 2.75 bits per heavy atom. The van der Waals surface area contributed by atoms with Gasteiger partial charge in [-0.25, -0.2) is 0 Å². The molecule has 3 aliphatic rings. The maximum Gasteiger partial charge on any atom is 0.0594 e. The highest BCUT2D eigenvalue weighted by molar-refractivity contribution is 4.91. The molecule has 3 saturated heterocycles. The highest BCUT2D eigenvalue weighted by atomic mass is 16.5. The van der Waals surface area contributed by atoms with Crippen molar-refractivity contribution >= 4 is 0 Å². The van der Waals surface area contributed by atoms with Gasteiger partial charge in [-0.1, -0.05) is 6.42 Å². The third-order valence-electron chi connectivity index (χ3n) is 5.47. The zero-order valence-corrected chi connectivity index (χ0v) is 13.0. The van der Waals surface area contributed by atoms with Crippen molar-refractivity contribution in [2.75, 3.05) is 52.5 Å². The molecule has 0 bridgehead atoms. The summed E-state index contributed by atoms with van der Waals surface area (Å²) in [7, 11) is 0. The third kappa shape index (κ3) is 3.53. The van der Waals surface area contributed by atoms with Gasteiger partial charge in [-0.3, -0.25) is 9.80 Å². The number of nitrogens with one attached hydrogen (secondary N) is 1. The number of nitrogens with zero attached hydrogens (tertiary/aromatic N) is 2. The second-order valence-corrected chi connectivity index (χ2v) is 6.82. The van der Waals surface area contributed by atoms with Crippen LogP contribution < -0.4 is 5.32 Å². The molecule has 3 atom stereocenters. The van der Waals surface area contributed by atoms with Gasteiger partial charge < -0.3 is 10.1 Å². The number of hydrogen-bond donors (Lipinski definition) is 1. The lowest BCUT2D eigenvalue weighted by molar-refractivity contribution is 0.00306. The molecule has 3 aliphatic heterocycles. The van der Waals surface area contributed by atoms with E-state index in [9.17, 15) is 0 Å². The Labute approximate surface area is 123 Å². The van der Waals surface area contributed by atoms with Crippen LogP contribution in [0.3, 0.4) is 0 Å². The van der Waals surface area contributed by atoms with Crippen molar-refractivity contribution in [2.24, 2.45) is 5.92 Å². The van der Waals surface area contributed by atoms with Crippen molar-refractivity contribution in [3.63, 3.8) is 0 Å². The van der Waals surface area contributed by atoms with Gasteiger partial charge in [-0.05, 0) is 45.2 Å². The molecule has 1 N–H and O–H groups in total. The van der Waals surface area contributed by atoms with Crippen LogP contribution in [0.25, 0.3) is 0 Å². The summed E-state index contributed by atoms with van der Waals surface area (Å²) in [6.45, 7) is 11.5. The molecular weight excluding hydrogens is 250 g/mol. The number of likely N-dealkylation sites (tertiary alicyclic amines) is 1. The van der Waals surface area contributed by atoms with Crippen molar-refractivity contribution in [1.29, 1.82) is 0 Å². The molecule has 0 aromatic heterocycles. The van der Waals surface area contributed by atoms with Gasteiger partial charge in [0.05, 0.1) is 13.2 Å². The summed E-state index contributed by atoms with van der Waals surface area (Å²) >= 11 is 0. The van der Waals surface area contributed by atoms with Crippen molar-refractivity contribution in [3.8, 4) is 0 Å². The fourth-order valence-electron chi connectivity index (χ4n) is 4.23. The molecular formula is C16H31N3O. The van der Waals surface area contributed by atoms with Crippen LogP contribution in [0.15, 0.2) is 0 Å². The first-order valence-electron chi connectivity index (χ1n) is 8.61. The topological polar surface area (TPSA) is 27.7 Å². The van der Waals surface area contributed by atoms with Gasteiger partial charge in [0.15, 0.2) is 0 Å². The Balaban J connectivity index is 1.60. The molecule has 0 saturated carbocycles. The first-order valence-corrected chi connectivity index (χ1v) is 8.61.